The quantitative estimate of drug-likeness (QED) is 0.309. The number of rotatable bonds is 2. The predicted molar refractivity (Wildman–Crippen MR) is 117 cm³/mol. The van der Waals surface area contributed by atoms with Gasteiger partial charge in [-0.1, -0.05) is 90.5 Å². The fraction of sp³-hybridized carbons (Fsp3) is 0.0370. The summed E-state index contributed by atoms with van der Waals surface area (Å²) in [6.45, 7) is 2.13. The van der Waals surface area contributed by atoms with E-state index in [1.807, 2.05) is 0 Å². The lowest BCUT2D eigenvalue weighted by Crippen LogP contribution is -1.83. The van der Waals surface area contributed by atoms with Crippen molar-refractivity contribution < 1.29 is 0 Å². The van der Waals surface area contributed by atoms with E-state index in [0.717, 1.165) is 0 Å². The molecule has 0 heteroatoms. The average Bonchev–Trinajstić information content (AvgIpc) is 2.73. The highest BCUT2D eigenvalue weighted by atomic mass is 14.1. The van der Waals surface area contributed by atoms with Crippen molar-refractivity contribution in [2.24, 2.45) is 0 Å². The van der Waals surface area contributed by atoms with Gasteiger partial charge < -0.3 is 0 Å². The summed E-state index contributed by atoms with van der Waals surface area (Å²) in [5, 5.41) is 5.11. The maximum Gasteiger partial charge on any atom is -0.0172 e. The smallest absolute Gasteiger partial charge is 0.0172 e. The first-order chi connectivity index (χ1) is 13.3. The maximum absolute atomic E-state index is 2.30. The highest BCUT2D eigenvalue weighted by Gasteiger charge is 2.04. The second-order valence-corrected chi connectivity index (χ2v) is 7.20. The van der Waals surface area contributed by atoms with E-state index in [2.05, 4.69) is 110 Å². The molecule has 0 fully saturated rings. The van der Waals surface area contributed by atoms with Crippen LogP contribution in [0, 0.1) is 6.92 Å². The number of hydrogen-bond donors (Lipinski definition) is 0. The van der Waals surface area contributed by atoms with Crippen molar-refractivity contribution in [3.05, 3.63) is 109 Å². The van der Waals surface area contributed by atoms with Crippen molar-refractivity contribution in [1.29, 1.82) is 0 Å². The van der Waals surface area contributed by atoms with Gasteiger partial charge in [0.2, 0.25) is 0 Å². The van der Waals surface area contributed by atoms with E-state index >= 15 is 0 Å². The summed E-state index contributed by atoms with van der Waals surface area (Å²) in [5.74, 6) is 0. The SMILES string of the molecule is Cc1ccc(-c2ccc3ccc(-c4ccc5ccccc5c4)cc3c2)cc1. The van der Waals surface area contributed by atoms with E-state index in [4.69, 9.17) is 0 Å². The summed E-state index contributed by atoms with van der Waals surface area (Å²) in [5.41, 5.74) is 6.33. The molecule has 128 valence electrons. The van der Waals surface area contributed by atoms with Gasteiger partial charge in [0.25, 0.3) is 0 Å². The first kappa shape index (κ1) is 15.8. The zero-order chi connectivity index (χ0) is 18.2. The third kappa shape index (κ3) is 3.00. The minimum atomic E-state index is 1.26. The van der Waals surface area contributed by atoms with Gasteiger partial charge in [0.1, 0.15) is 0 Å². The molecule has 0 atom stereocenters. The lowest BCUT2D eigenvalue weighted by molar-refractivity contribution is 1.47. The van der Waals surface area contributed by atoms with Gasteiger partial charge in [-0.25, -0.2) is 0 Å². The van der Waals surface area contributed by atoms with E-state index in [1.165, 1.54) is 49.4 Å². The predicted octanol–water partition coefficient (Wildman–Crippen LogP) is 7.64. The van der Waals surface area contributed by atoms with Gasteiger partial charge >= 0.3 is 0 Å². The molecule has 0 radical (unpaired) electrons. The lowest BCUT2D eigenvalue weighted by Gasteiger charge is -2.08. The van der Waals surface area contributed by atoms with Gasteiger partial charge in [-0.3, -0.25) is 0 Å². The maximum atomic E-state index is 2.30. The Kier molecular flexibility index (Phi) is 3.76. The molecule has 0 unspecified atom stereocenters. The molecule has 0 amide bonds. The zero-order valence-corrected chi connectivity index (χ0v) is 15.3. The van der Waals surface area contributed by atoms with Gasteiger partial charge in [0.05, 0.1) is 0 Å². The molecule has 0 N–H and O–H groups in total. The van der Waals surface area contributed by atoms with Crippen LogP contribution in [0.4, 0.5) is 0 Å². The fourth-order valence-electron chi connectivity index (χ4n) is 3.72. The molecular weight excluding hydrogens is 324 g/mol. The van der Waals surface area contributed by atoms with Crippen molar-refractivity contribution in [3.8, 4) is 22.3 Å². The molecule has 0 heterocycles. The molecule has 0 aromatic heterocycles. The van der Waals surface area contributed by atoms with E-state index in [-0.39, 0.29) is 0 Å². The van der Waals surface area contributed by atoms with Crippen molar-refractivity contribution in [1.82, 2.24) is 0 Å². The number of benzene rings is 5. The van der Waals surface area contributed by atoms with Crippen LogP contribution in [-0.2, 0) is 0 Å². The standard InChI is InChI=1S/C27H20/c1-19-6-8-21(9-7-19)24-13-11-22-12-15-26(18-27(22)17-24)25-14-10-20-4-2-3-5-23(20)16-25/h2-18H,1H3. The van der Waals surface area contributed by atoms with E-state index < -0.39 is 0 Å². The van der Waals surface area contributed by atoms with Crippen LogP contribution >= 0.6 is 0 Å². The number of aryl methyl sites for hydroxylation is 1. The van der Waals surface area contributed by atoms with E-state index in [1.54, 1.807) is 0 Å². The Morgan fingerprint density at radius 1 is 0.370 bits per heavy atom. The number of fused-ring (bicyclic) bond motifs is 2. The Morgan fingerprint density at radius 2 is 0.815 bits per heavy atom. The Bertz CT molecular complexity index is 1260. The van der Waals surface area contributed by atoms with Crippen LogP contribution in [0.3, 0.4) is 0 Å². The van der Waals surface area contributed by atoms with Crippen LogP contribution in [0.1, 0.15) is 5.56 Å². The van der Waals surface area contributed by atoms with Crippen molar-refractivity contribution in [3.63, 3.8) is 0 Å². The largest absolute Gasteiger partial charge is 0.0616 e. The average molecular weight is 344 g/mol. The third-order valence-electron chi connectivity index (χ3n) is 5.31. The Hall–Kier alpha value is -3.38. The van der Waals surface area contributed by atoms with Crippen LogP contribution in [-0.4, -0.2) is 0 Å². The molecule has 5 rings (SSSR count). The minimum Gasteiger partial charge on any atom is -0.0616 e. The molecule has 0 spiro atoms. The molecule has 0 saturated carbocycles. The van der Waals surface area contributed by atoms with Gasteiger partial charge in [-0.15, -0.1) is 0 Å². The van der Waals surface area contributed by atoms with E-state index in [0.29, 0.717) is 0 Å². The van der Waals surface area contributed by atoms with Crippen LogP contribution in [0.25, 0.3) is 43.8 Å². The highest BCUT2D eigenvalue weighted by Crippen LogP contribution is 2.30. The molecule has 5 aromatic carbocycles. The van der Waals surface area contributed by atoms with Crippen LogP contribution < -0.4 is 0 Å². The minimum absolute atomic E-state index is 1.26. The fourth-order valence-corrected chi connectivity index (χ4v) is 3.72. The van der Waals surface area contributed by atoms with Crippen molar-refractivity contribution in [2.45, 2.75) is 6.92 Å². The summed E-state index contributed by atoms with van der Waals surface area (Å²) in [6, 6.07) is 37.4. The Balaban J connectivity index is 1.61. The molecule has 5 aromatic rings. The first-order valence-corrected chi connectivity index (χ1v) is 9.36. The van der Waals surface area contributed by atoms with Crippen LogP contribution in [0.2, 0.25) is 0 Å². The van der Waals surface area contributed by atoms with Gasteiger partial charge in [-0.2, -0.15) is 0 Å². The summed E-state index contributed by atoms with van der Waals surface area (Å²) in [7, 11) is 0. The Morgan fingerprint density at radius 3 is 1.44 bits per heavy atom. The second kappa shape index (κ2) is 6.41. The summed E-state index contributed by atoms with van der Waals surface area (Å²) in [6.07, 6.45) is 0. The summed E-state index contributed by atoms with van der Waals surface area (Å²) >= 11 is 0. The monoisotopic (exact) mass is 344 g/mol. The summed E-state index contributed by atoms with van der Waals surface area (Å²) in [4.78, 5) is 0. The van der Waals surface area contributed by atoms with Gasteiger partial charge in [-0.05, 0) is 68.9 Å². The molecular formula is C27H20. The molecule has 0 nitrogen and oxygen atoms in total. The first-order valence-electron chi connectivity index (χ1n) is 9.36. The topological polar surface area (TPSA) is 0 Å². The summed E-state index contributed by atoms with van der Waals surface area (Å²) < 4.78 is 0. The molecule has 0 aliphatic heterocycles. The van der Waals surface area contributed by atoms with Crippen LogP contribution in [0.5, 0.6) is 0 Å². The van der Waals surface area contributed by atoms with Crippen molar-refractivity contribution in [2.75, 3.05) is 0 Å². The van der Waals surface area contributed by atoms with Crippen LogP contribution in [0.15, 0.2) is 103 Å². The molecule has 0 saturated heterocycles. The lowest BCUT2D eigenvalue weighted by atomic mass is 9.96. The Labute approximate surface area is 159 Å². The van der Waals surface area contributed by atoms with Gasteiger partial charge in [0.15, 0.2) is 0 Å². The molecule has 27 heavy (non-hydrogen) atoms. The molecule has 0 bridgehead atoms. The van der Waals surface area contributed by atoms with E-state index in [9.17, 15) is 0 Å². The molecule has 0 aliphatic carbocycles. The number of hydrogen-bond acceptors (Lipinski definition) is 0. The molecule has 0 aliphatic rings. The van der Waals surface area contributed by atoms with Gasteiger partial charge in [0, 0.05) is 0 Å². The normalized spacial score (nSPS) is 11.1. The van der Waals surface area contributed by atoms with Crippen molar-refractivity contribution >= 4 is 21.5 Å². The highest BCUT2D eigenvalue weighted by molar-refractivity contribution is 5.93. The second-order valence-electron chi connectivity index (χ2n) is 7.20. The third-order valence-corrected chi connectivity index (χ3v) is 5.31. The zero-order valence-electron chi connectivity index (χ0n) is 15.3.